The van der Waals surface area contributed by atoms with Gasteiger partial charge in [-0.25, -0.2) is 9.78 Å². The van der Waals surface area contributed by atoms with E-state index < -0.39 is 0 Å². The van der Waals surface area contributed by atoms with Crippen molar-refractivity contribution in [3.05, 3.63) is 11.1 Å². The molecule has 1 saturated heterocycles. The number of thiazole rings is 1. The molecule has 18 heavy (non-hydrogen) atoms. The van der Waals surface area contributed by atoms with E-state index in [1.165, 1.54) is 24.2 Å². The summed E-state index contributed by atoms with van der Waals surface area (Å²) in [7, 11) is 0. The van der Waals surface area contributed by atoms with E-state index in [4.69, 9.17) is 4.74 Å². The number of nitrogens with zero attached hydrogens (tertiary/aromatic N) is 2. The van der Waals surface area contributed by atoms with E-state index in [1.54, 1.807) is 12.3 Å². The highest BCUT2D eigenvalue weighted by atomic mass is 32.1. The second kappa shape index (κ2) is 5.69. The minimum atomic E-state index is -0.321. The number of piperidine rings is 1. The zero-order chi connectivity index (χ0) is 13.1. The standard InChI is InChI=1S/C13H20N2O2S/c1-4-17-12(16)11-8-18-13(14-11)15-6-5-9(2)7-10(15)3/h8-10H,4-7H2,1-3H3. The van der Waals surface area contributed by atoms with Crippen LogP contribution in [0.15, 0.2) is 5.38 Å². The molecule has 2 rings (SSSR count). The molecule has 4 nitrogen and oxygen atoms in total. The Labute approximate surface area is 112 Å². The molecule has 0 saturated carbocycles. The van der Waals surface area contributed by atoms with Crippen LogP contribution in [0.3, 0.4) is 0 Å². The topological polar surface area (TPSA) is 42.4 Å². The average molecular weight is 268 g/mol. The summed E-state index contributed by atoms with van der Waals surface area (Å²) in [6.45, 7) is 7.74. The van der Waals surface area contributed by atoms with Crippen LogP contribution >= 0.6 is 11.3 Å². The van der Waals surface area contributed by atoms with Gasteiger partial charge in [-0.05, 0) is 32.6 Å². The van der Waals surface area contributed by atoms with Crippen molar-refractivity contribution in [2.45, 2.75) is 39.7 Å². The summed E-state index contributed by atoms with van der Waals surface area (Å²) in [5, 5.41) is 2.73. The zero-order valence-corrected chi connectivity index (χ0v) is 12.0. The highest BCUT2D eigenvalue weighted by Crippen LogP contribution is 2.30. The number of carbonyl (C=O) groups excluding carboxylic acids is 1. The van der Waals surface area contributed by atoms with Gasteiger partial charge in [-0.1, -0.05) is 6.92 Å². The summed E-state index contributed by atoms with van der Waals surface area (Å²) in [5.74, 6) is 0.457. The number of carbonyl (C=O) groups is 1. The molecule has 1 aliphatic rings. The number of ether oxygens (including phenoxy) is 1. The second-order valence-electron chi connectivity index (χ2n) is 4.91. The van der Waals surface area contributed by atoms with E-state index in [-0.39, 0.29) is 5.97 Å². The number of rotatable bonds is 3. The van der Waals surface area contributed by atoms with Crippen molar-refractivity contribution < 1.29 is 9.53 Å². The molecule has 0 N–H and O–H groups in total. The molecule has 0 radical (unpaired) electrons. The highest BCUT2D eigenvalue weighted by molar-refractivity contribution is 7.13. The van der Waals surface area contributed by atoms with Crippen molar-refractivity contribution in [1.29, 1.82) is 0 Å². The van der Waals surface area contributed by atoms with Crippen molar-refractivity contribution in [3.8, 4) is 0 Å². The Morgan fingerprint density at radius 2 is 2.39 bits per heavy atom. The lowest BCUT2D eigenvalue weighted by Gasteiger charge is -2.36. The van der Waals surface area contributed by atoms with Crippen molar-refractivity contribution in [2.75, 3.05) is 18.1 Å². The summed E-state index contributed by atoms with van der Waals surface area (Å²) in [6, 6.07) is 0.495. The van der Waals surface area contributed by atoms with Gasteiger partial charge in [0.05, 0.1) is 6.61 Å². The molecule has 1 fully saturated rings. The molecule has 0 bridgehead atoms. The average Bonchev–Trinajstić information content (AvgIpc) is 2.78. The normalized spacial score (nSPS) is 24.1. The number of aromatic nitrogens is 1. The number of anilines is 1. The van der Waals surface area contributed by atoms with Gasteiger partial charge in [0.15, 0.2) is 10.8 Å². The molecule has 2 heterocycles. The van der Waals surface area contributed by atoms with Gasteiger partial charge in [-0.15, -0.1) is 11.3 Å². The molecular formula is C13H20N2O2S. The predicted molar refractivity (Wildman–Crippen MR) is 73.3 cm³/mol. The lowest BCUT2D eigenvalue weighted by Crippen LogP contribution is -2.40. The molecular weight excluding hydrogens is 248 g/mol. The third-order valence-corrected chi connectivity index (χ3v) is 4.24. The Bertz CT molecular complexity index is 419. The van der Waals surface area contributed by atoms with Crippen LogP contribution in [-0.4, -0.2) is 30.1 Å². The predicted octanol–water partition coefficient (Wildman–Crippen LogP) is 2.94. The Kier molecular flexibility index (Phi) is 4.22. The first kappa shape index (κ1) is 13.3. The van der Waals surface area contributed by atoms with Gasteiger partial charge in [0.2, 0.25) is 0 Å². The molecule has 2 unspecified atom stereocenters. The van der Waals surface area contributed by atoms with E-state index in [1.807, 2.05) is 0 Å². The van der Waals surface area contributed by atoms with Gasteiger partial charge < -0.3 is 9.64 Å². The lowest BCUT2D eigenvalue weighted by molar-refractivity contribution is 0.0520. The maximum atomic E-state index is 11.6. The minimum Gasteiger partial charge on any atom is -0.461 e. The quantitative estimate of drug-likeness (QED) is 0.790. The van der Waals surface area contributed by atoms with E-state index in [0.717, 1.165) is 17.6 Å². The van der Waals surface area contributed by atoms with Crippen LogP contribution in [0.1, 0.15) is 44.1 Å². The van der Waals surface area contributed by atoms with Crippen molar-refractivity contribution >= 4 is 22.4 Å². The van der Waals surface area contributed by atoms with E-state index in [2.05, 4.69) is 23.7 Å². The fourth-order valence-corrected chi connectivity index (χ4v) is 3.31. The van der Waals surface area contributed by atoms with Gasteiger partial charge in [-0.3, -0.25) is 0 Å². The highest BCUT2D eigenvalue weighted by Gasteiger charge is 2.25. The van der Waals surface area contributed by atoms with Crippen molar-refractivity contribution in [3.63, 3.8) is 0 Å². The van der Waals surface area contributed by atoms with Crippen LogP contribution in [-0.2, 0) is 4.74 Å². The number of hydrogen-bond donors (Lipinski definition) is 0. The molecule has 1 aromatic rings. The molecule has 0 spiro atoms. The van der Waals surface area contributed by atoms with Gasteiger partial charge >= 0.3 is 5.97 Å². The van der Waals surface area contributed by atoms with Gasteiger partial charge in [0.25, 0.3) is 0 Å². The zero-order valence-electron chi connectivity index (χ0n) is 11.2. The van der Waals surface area contributed by atoms with Crippen molar-refractivity contribution in [1.82, 2.24) is 4.98 Å². The maximum absolute atomic E-state index is 11.6. The minimum absolute atomic E-state index is 0.321. The SMILES string of the molecule is CCOC(=O)c1csc(N2CCC(C)CC2C)n1. The number of hydrogen-bond acceptors (Lipinski definition) is 5. The summed E-state index contributed by atoms with van der Waals surface area (Å²) in [5.41, 5.74) is 0.433. The van der Waals surface area contributed by atoms with Crippen LogP contribution in [0, 0.1) is 5.92 Å². The Balaban J connectivity index is 2.07. The summed E-state index contributed by atoms with van der Waals surface area (Å²) >= 11 is 1.53. The van der Waals surface area contributed by atoms with E-state index in [9.17, 15) is 4.79 Å². The molecule has 5 heteroatoms. The van der Waals surface area contributed by atoms with Crippen molar-refractivity contribution in [2.24, 2.45) is 5.92 Å². The van der Waals surface area contributed by atoms with Crippen LogP contribution < -0.4 is 4.90 Å². The summed E-state index contributed by atoms with van der Waals surface area (Å²) in [4.78, 5) is 18.3. The monoisotopic (exact) mass is 268 g/mol. The fourth-order valence-electron chi connectivity index (χ4n) is 2.39. The molecule has 1 aliphatic heterocycles. The van der Waals surface area contributed by atoms with E-state index >= 15 is 0 Å². The Hall–Kier alpha value is -1.10. The molecule has 2 atom stereocenters. The lowest BCUT2D eigenvalue weighted by atomic mass is 9.94. The number of esters is 1. The van der Waals surface area contributed by atoms with Gasteiger partial charge in [0, 0.05) is 18.0 Å². The van der Waals surface area contributed by atoms with Gasteiger partial charge in [-0.2, -0.15) is 0 Å². The first-order valence-corrected chi connectivity index (χ1v) is 7.39. The largest absolute Gasteiger partial charge is 0.461 e. The van der Waals surface area contributed by atoms with Crippen LogP contribution in [0.5, 0.6) is 0 Å². The fraction of sp³-hybridized carbons (Fsp3) is 0.692. The molecule has 0 aromatic carbocycles. The second-order valence-corrected chi connectivity index (χ2v) is 5.74. The summed E-state index contributed by atoms with van der Waals surface area (Å²) in [6.07, 6.45) is 2.38. The van der Waals surface area contributed by atoms with Crippen LogP contribution in [0.2, 0.25) is 0 Å². The Morgan fingerprint density at radius 3 is 3.06 bits per heavy atom. The smallest absolute Gasteiger partial charge is 0.357 e. The molecule has 0 aliphatic carbocycles. The van der Waals surface area contributed by atoms with Crippen LogP contribution in [0.4, 0.5) is 5.13 Å². The maximum Gasteiger partial charge on any atom is 0.357 e. The summed E-state index contributed by atoms with van der Waals surface area (Å²) < 4.78 is 4.96. The molecule has 0 amide bonds. The van der Waals surface area contributed by atoms with Crippen LogP contribution in [0.25, 0.3) is 0 Å². The first-order valence-electron chi connectivity index (χ1n) is 6.51. The van der Waals surface area contributed by atoms with E-state index in [0.29, 0.717) is 18.3 Å². The molecule has 100 valence electrons. The van der Waals surface area contributed by atoms with Gasteiger partial charge in [0.1, 0.15) is 0 Å². The third-order valence-electron chi connectivity index (χ3n) is 3.36. The Morgan fingerprint density at radius 1 is 1.61 bits per heavy atom. The third kappa shape index (κ3) is 2.83. The first-order chi connectivity index (χ1) is 8.61. The molecule has 1 aromatic heterocycles.